The summed E-state index contributed by atoms with van der Waals surface area (Å²) in [6.07, 6.45) is 0.206. The summed E-state index contributed by atoms with van der Waals surface area (Å²) in [4.78, 5) is 32.3. The number of aliphatic hydroxyl groups is 1. The fourth-order valence-corrected chi connectivity index (χ4v) is 4.64. The number of halogens is 3. The predicted molar refractivity (Wildman–Crippen MR) is 131 cm³/mol. The number of anilines is 2. The Labute approximate surface area is 210 Å². The SMILES string of the molecule is CN1Cc2cc(-c3cc(C(=O)Nc4ccc(OC(F)(F)Cl)cc4)ccc3N3CC[C@H](O)C3)[nH]c2C1=O. The molecule has 0 radical (unpaired) electrons. The van der Waals surface area contributed by atoms with Crippen molar-refractivity contribution in [3.63, 3.8) is 0 Å². The van der Waals surface area contributed by atoms with Crippen LogP contribution in [-0.4, -0.2) is 58.6 Å². The van der Waals surface area contributed by atoms with Gasteiger partial charge in [0.25, 0.3) is 11.8 Å². The highest BCUT2D eigenvalue weighted by Gasteiger charge is 2.30. The lowest BCUT2D eigenvalue weighted by Gasteiger charge is -2.22. The molecule has 2 aliphatic rings. The summed E-state index contributed by atoms with van der Waals surface area (Å²) in [6, 6.07) is 12.5. The highest BCUT2D eigenvalue weighted by Crippen LogP contribution is 2.36. The van der Waals surface area contributed by atoms with Crippen molar-refractivity contribution in [1.29, 1.82) is 0 Å². The number of benzene rings is 2. The molecule has 0 bridgehead atoms. The Hall–Kier alpha value is -3.63. The summed E-state index contributed by atoms with van der Waals surface area (Å²) in [5.74, 6) is -0.648. The molecule has 3 aromatic rings. The zero-order valence-corrected chi connectivity index (χ0v) is 20.0. The number of nitrogens with zero attached hydrogens (tertiary/aromatic N) is 2. The molecule has 5 rings (SSSR count). The molecule has 0 unspecified atom stereocenters. The van der Waals surface area contributed by atoms with E-state index >= 15 is 0 Å². The molecule has 36 heavy (non-hydrogen) atoms. The molecule has 1 fully saturated rings. The van der Waals surface area contributed by atoms with Gasteiger partial charge in [-0.1, -0.05) is 0 Å². The number of amides is 2. The number of carbonyl (C=O) groups is 2. The largest absolute Gasteiger partial charge is 0.487 e. The first-order chi connectivity index (χ1) is 17.1. The van der Waals surface area contributed by atoms with Gasteiger partial charge in [-0.05, 0) is 55.0 Å². The van der Waals surface area contributed by atoms with Gasteiger partial charge in [0.05, 0.1) is 6.10 Å². The summed E-state index contributed by atoms with van der Waals surface area (Å²) < 4.78 is 29.9. The number of nitrogens with one attached hydrogen (secondary N) is 2. The van der Waals surface area contributed by atoms with E-state index in [0.29, 0.717) is 48.7 Å². The van der Waals surface area contributed by atoms with E-state index < -0.39 is 17.6 Å². The second kappa shape index (κ2) is 9.11. The molecule has 1 atom stereocenters. The third-order valence-electron chi connectivity index (χ3n) is 6.27. The molecule has 2 amide bonds. The van der Waals surface area contributed by atoms with Gasteiger partial charge in [0, 0.05) is 72.0 Å². The van der Waals surface area contributed by atoms with Crippen LogP contribution in [0, 0.1) is 0 Å². The second-order valence-electron chi connectivity index (χ2n) is 8.89. The van der Waals surface area contributed by atoms with Crippen LogP contribution in [0.5, 0.6) is 5.75 Å². The smallest absolute Gasteiger partial charge is 0.420 e. The first-order valence-electron chi connectivity index (χ1n) is 11.3. The predicted octanol–water partition coefficient (Wildman–Crippen LogP) is 4.26. The van der Waals surface area contributed by atoms with E-state index in [1.807, 2.05) is 17.0 Å². The lowest BCUT2D eigenvalue weighted by molar-refractivity contribution is -0.0964. The monoisotopic (exact) mass is 516 g/mol. The van der Waals surface area contributed by atoms with E-state index in [2.05, 4.69) is 15.0 Å². The Morgan fingerprint density at radius 1 is 1.22 bits per heavy atom. The zero-order valence-electron chi connectivity index (χ0n) is 19.2. The van der Waals surface area contributed by atoms with Crippen LogP contribution in [0.2, 0.25) is 0 Å². The highest BCUT2D eigenvalue weighted by molar-refractivity contribution is 6.20. The summed E-state index contributed by atoms with van der Waals surface area (Å²) in [5.41, 5.74) is 0.597. The molecule has 2 aromatic carbocycles. The van der Waals surface area contributed by atoms with Crippen LogP contribution < -0.4 is 15.0 Å². The quantitative estimate of drug-likeness (QED) is 0.425. The third kappa shape index (κ3) is 4.87. The van der Waals surface area contributed by atoms with Crippen molar-refractivity contribution in [2.24, 2.45) is 0 Å². The summed E-state index contributed by atoms with van der Waals surface area (Å²) in [6.45, 7) is 1.63. The van der Waals surface area contributed by atoms with Gasteiger partial charge >= 0.3 is 5.57 Å². The number of fused-ring (bicyclic) bond motifs is 1. The molecule has 11 heteroatoms. The summed E-state index contributed by atoms with van der Waals surface area (Å²) >= 11 is 4.78. The van der Waals surface area contributed by atoms with Crippen LogP contribution in [0.25, 0.3) is 11.3 Å². The third-order valence-corrected chi connectivity index (χ3v) is 6.34. The number of hydrogen-bond acceptors (Lipinski definition) is 5. The van der Waals surface area contributed by atoms with E-state index in [0.717, 1.165) is 16.8 Å². The number of ether oxygens (including phenoxy) is 1. The Bertz CT molecular complexity index is 1320. The van der Waals surface area contributed by atoms with Crippen molar-refractivity contribution >= 4 is 34.8 Å². The van der Waals surface area contributed by atoms with Crippen molar-refractivity contribution in [1.82, 2.24) is 9.88 Å². The van der Waals surface area contributed by atoms with Crippen molar-refractivity contribution in [3.05, 3.63) is 65.4 Å². The minimum Gasteiger partial charge on any atom is -0.420 e. The van der Waals surface area contributed by atoms with E-state index in [9.17, 15) is 23.5 Å². The summed E-state index contributed by atoms with van der Waals surface area (Å²) in [5, 5.41) is 12.8. The van der Waals surface area contributed by atoms with Crippen LogP contribution in [0.1, 0.15) is 32.8 Å². The van der Waals surface area contributed by atoms with Crippen LogP contribution in [-0.2, 0) is 6.54 Å². The number of aliphatic hydroxyl groups excluding tert-OH is 1. The first-order valence-corrected chi connectivity index (χ1v) is 11.7. The van der Waals surface area contributed by atoms with Crippen molar-refractivity contribution in [3.8, 4) is 17.0 Å². The average molecular weight is 517 g/mol. The lowest BCUT2D eigenvalue weighted by atomic mass is 10.0. The fourth-order valence-electron chi connectivity index (χ4n) is 4.55. The Kier molecular flexibility index (Phi) is 6.09. The molecular weight excluding hydrogens is 494 g/mol. The maximum Gasteiger partial charge on any atom is 0.487 e. The molecule has 0 saturated carbocycles. The van der Waals surface area contributed by atoms with Crippen LogP contribution in [0.15, 0.2) is 48.5 Å². The first kappa shape index (κ1) is 24.1. The average Bonchev–Trinajstić information content (AvgIpc) is 3.50. The van der Waals surface area contributed by atoms with E-state index in [1.54, 1.807) is 24.1 Å². The standard InChI is InChI=1S/C25H23ClF2N4O4/c1-31-12-15-11-20(30-22(15)24(31)35)19-10-14(2-7-21(19)32-9-8-17(33)13-32)23(34)29-16-3-5-18(6-4-16)36-25(26,27)28/h2-7,10-11,17,30,33H,8-9,12-13H2,1H3,(H,29,34)/t17-/m0/s1. The van der Waals surface area contributed by atoms with E-state index in [1.165, 1.54) is 24.3 Å². The number of rotatable bonds is 6. The second-order valence-corrected chi connectivity index (χ2v) is 9.33. The molecule has 2 aliphatic heterocycles. The minimum absolute atomic E-state index is 0.0948. The Morgan fingerprint density at radius 2 is 1.97 bits per heavy atom. The molecule has 0 aliphatic carbocycles. The molecule has 188 valence electrons. The molecule has 0 spiro atoms. The minimum atomic E-state index is -3.83. The molecule has 3 N–H and O–H groups in total. The van der Waals surface area contributed by atoms with Gasteiger partial charge in [0.2, 0.25) is 0 Å². The van der Waals surface area contributed by atoms with Gasteiger partial charge < -0.3 is 29.9 Å². The van der Waals surface area contributed by atoms with Gasteiger partial charge in [-0.25, -0.2) is 0 Å². The zero-order chi connectivity index (χ0) is 25.6. The maximum atomic E-state index is 13.0. The number of carbonyl (C=O) groups excluding carboxylic acids is 2. The van der Waals surface area contributed by atoms with Gasteiger partial charge in [-0.3, -0.25) is 9.59 Å². The summed E-state index contributed by atoms with van der Waals surface area (Å²) in [7, 11) is 1.73. The van der Waals surface area contributed by atoms with Crippen LogP contribution in [0.3, 0.4) is 0 Å². The lowest BCUT2D eigenvalue weighted by Crippen LogP contribution is -2.22. The number of H-pyrrole nitrogens is 1. The highest BCUT2D eigenvalue weighted by atomic mass is 35.5. The Balaban J connectivity index is 1.43. The van der Waals surface area contributed by atoms with Crippen molar-refractivity contribution in [2.75, 3.05) is 30.4 Å². The normalized spacial score (nSPS) is 17.5. The number of alkyl halides is 3. The number of hydrogen-bond donors (Lipinski definition) is 3. The van der Waals surface area contributed by atoms with E-state index in [-0.39, 0.29) is 11.7 Å². The number of aromatic amines is 1. The Morgan fingerprint density at radius 3 is 2.61 bits per heavy atom. The van der Waals surface area contributed by atoms with Crippen LogP contribution in [0.4, 0.5) is 20.2 Å². The number of aromatic nitrogens is 1. The van der Waals surface area contributed by atoms with E-state index in [4.69, 9.17) is 11.6 Å². The number of β-amino-alcohol motifs (C(OH)–C–C–N with tert-alkyl or cyclic N) is 1. The van der Waals surface area contributed by atoms with Crippen molar-refractivity contribution < 1.29 is 28.2 Å². The molecule has 8 nitrogen and oxygen atoms in total. The van der Waals surface area contributed by atoms with Gasteiger partial charge in [-0.15, -0.1) is 8.78 Å². The fraction of sp³-hybridized carbons (Fsp3) is 0.280. The molecular formula is C25H23ClF2N4O4. The molecule has 1 saturated heterocycles. The van der Waals surface area contributed by atoms with Gasteiger partial charge in [-0.2, -0.15) is 0 Å². The van der Waals surface area contributed by atoms with Crippen molar-refractivity contribution in [2.45, 2.75) is 24.6 Å². The van der Waals surface area contributed by atoms with Crippen LogP contribution >= 0.6 is 11.6 Å². The van der Waals surface area contributed by atoms with Gasteiger partial charge in [0.1, 0.15) is 11.4 Å². The maximum absolute atomic E-state index is 13.0. The van der Waals surface area contributed by atoms with Gasteiger partial charge in [0.15, 0.2) is 0 Å². The topological polar surface area (TPSA) is 97.9 Å². The molecule has 1 aromatic heterocycles. The molecule has 3 heterocycles.